The molecule has 4 aromatic rings. The number of fused-ring (bicyclic) bond motifs is 1. The average molecular weight is 422 g/mol. The molecule has 9 nitrogen and oxygen atoms in total. The normalized spacial score (nSPS) is 12.5. The van der Waals surface area contributed by atoms with E-state index in [0.717, 1.165) is 22.2 Å². The molecular weight excluding hydrogens is 406 g/mol. The third-order valence-electron chi connectivity index (χ3n) is 4.25. The van der Waals surface area contributed by atoms with Gasteiger partial charge in [0.15, 0.2) is 0 Å². The maximum Gasteiger partial charge on any atom is 0.314 e. The second-order valence-corrected chi connectivity index (χ2v) is 6.36. The summed E-state index contributed by atoms with van der Waals surface area (Å²) in [4.78, 5) is 19.7. The van der Waals surface area contributed by atoms with Crippen LogP contribution >= 0.6 is 0 Å². The minimum absolute atomic E-state index is 0.0554. The summed E-state index contributed by atoms with van der Waals surface area (Å²) >= 11 is 0. The number of aromatic amines is 1. The summed E-state index contributed by atoms with van der Waals surface area (Å²) in [7, 11) is 0. The van der Waals surface area contributed by atoms with Gasteiger partial charge < -0.3 is 14.7 Å². The predicted octanol–water partition coefficient (Wildman–Crippen LogP) is 4.48. The number of pyridine rings is 1. The van der Waals surface area contributed by atoms with Crippen LogP contribution in [0.4, 0.5) is 14.5 Å². The number of halogens is 2. The number of guanidine groups is 1. The smallest absolute Gasteiger partial charge is 0.314 e. The van der Waals surface area contributed by atoms with Crippen molar-refractivity contribution in [3.05, 3.63) is 61.0 Å². The molecule has 1 aromatic carbocycles. The number of H-pyrrole nitrogens is 1. The van der Waals surface area contributed by atoms with Crippen LogP contribution in [0.15, 0.2) is 63.6 Å². The fourth-order valence-electron chi connectivity index (χ4n) is 2.80. The molecule has 0 aliphatic carbocycles. The van der Waals surface area contributed by atoms with Gasteiger partial charge in [-0.05, 0) is 31.8 Å². The van der Waals surface area contributed by atoms with Gasteiger partial charge in [0.25, 0.3) is 5.89 Å². The number of nitrogens with one attached hydrogen (secondary N) is 2. The van der Waals surface area contributed by atoms with E-state index in [9.17, 15) is 8.78 Å². The zero-order valence-electron chi connectivity index (χ0n) is 16.3. The first-order valence-corrected chi connectivity index (χ1v) is 9.03. The maximum absolute atomic E-state index is 12.6. The number of aliphatic imine (C=N–C) groups is 2. The van der Waals surface area contributed by atoms with Gasteiger partial charge in [-0.25, -0.2) is 15.0 Å². The number of rotatable bonds is 5. The van der Waals surface area contributed by atoms with Gasteiger partial charge >= 0.3 is 6.43 Å². The monoisotopic (exact) mass is 422 g/mol. The number of anilines is 1. The lowest BCUT2D eigenvalue weighted by atomic mass is 10.1. The zero-order valence-corrected chi connectivity index (χ0v) is 16.3. The Bertz CT molecular complexity index is 1280. The Balaban J connectivity index is 1.63. The number of hydrogen-bond donors (Lipinski definition) is 2. The lowest BCUT2D eigenvalue weighted by Crippen LogP contribution is -2.08. The Labute approximate surface area is 174 Å². The summed E-state index contributed by atoms with van der Waals surface area (Å²) in [5.74, 6) is -0.619. The highest BCUT2D eigenvalue weighted by molar-refractivity contribution is 6.01. The molecule has 0 unspecified atom stereocenters. The first-order valence-electron chi connectivity index (χ1n) is 9.03. The van der Waals surface area contributed by atoms with Crippen LogP contribution in [0.25, 0.3) is 27.7 Å². The highest BCUT2D eigenvalue weighted by atomic mass is 19.3. The molecular formula is C20H16F2N8O. The van der Waals surface area contributed by atoms with Crippen molar-refractivity contribution in [1.82, 2.24) is 25.1 Å². The molecule has 4 rings (SSSR count). The highest BCUT2D eigenvalue weighted by Gasteiger charge is 2.16. The minimum Gasteiger partial charge on any atom is -0.415 e. The van der Waals surface area contributed by atoms with E-state index in [2.05, 4.69) is 47.2 Å². The lowest BCUT2D eigenvalue weighted by Gasteiger charge is -2.09. The molecule has 0 aliphatic rings. The molecule has 11 heteroatoms. The molecule has 156 valence electrons. The zero-order chi connectivity index (χ0) is 21.8. The number of aromatic nitrogens is 5. The molecule has 0 amide bonds. The van der Waals surface area contributed by atoms with Crippen molar-refractivity contribution in [2.45, 2.75) is 13.3 Å². The van der Waals surface area contributed by atoms with Crippen LogP contribution in [-0.2, 0) is 0 Å². The Hall–Kier alpha value is -4.28. The van der Waals surface area contributed by atoms with Crippen molar-refractivity contribution in [2.24, 2.45) is 9.98 Å². The van der Waals surface area contributed by atoms with Crippen LogP contribution in [0.1, 0.15) is 25.1 Å². The number of nitrogens with zero attached hydrogens (tertiary/aromatic N) is 6. The van der Waals surface area contributed by atoms with Crippen LogP contribution in [0.5, 0.6) is 0 Å². The maximum atomic E-state index is 12.6. The molecule has 31 heavy (non-hydrogen) atoms. The summed E-state index contributed by atoms with van der Waals surface area (Å²) in [6.07, 6.45) is 3.59. The van der Waals surface area contributed by atoms with Gasteiger partial charge in [-0.2, -0.15) is 8.78 Å². The Kier molecular flexibility index (Phi) is 5.56. The van der Waals surface area contributed by atoms with Crippen LogP contribution in [0, 0.1) is 0 Å². The molecule has 0 saturated carbocycles. The van der Waals surface area contributed by atoms with E-state index in [4.69, 9.17) is 4.42 Å². The molecule has 0 radical (unpaired) electrons. The van der Waals surface area contributed by atoms with Crippen LogP contribution < -0.4 is 5.32 Å². The fourth-order valence-corrected chi connectivity index (χ4v) is 2.80. The van der Waals surface area contributed by atoms with Crippen molar-refractivity contribution >= 4 is 35.0 Å². The minimum atomic E-state index is -2.84. The average Bonchev–Trinajstić information content (AvgIpc) is 3.46. The summed E-state index contributed by atoms with van der Waals surface area (Å²) in [5.41, 5.74) is 4.45. The molecule has 0 spiro atoms. The Morgan fingerprint density at radius 3 is 2.90 bits per heavy atom. The second kappa shape index (κ2) is 8.61. The van der Waals surface area contributed by atoms with Gasteiger partial charge in [0.2, 0.25) is 11.9 Å². The predicted molar refractivity (Wildman–Crippen MR) is 113 cm³/mol. The molecule has 0 aliphatic heterocycles. The van der Waals surface area contributed by atoms with E-state index in [1.807, 2.05) is 24.3 Å². The van der Waals surface area contributed by atoms with Crippen molar-refractivity contribution in [3.8, 4) is 11.1 Å². The first kappa shape index (κ1) is 20.0. The molecule has 0 saturated heterocycles. The molecule has 3 aromatic heterocycles. The van der Waals surface area contributed by atoms with Crippen molar-refractivity contribution in [2.75, 3.05) is 5.32 Å². The van der Waals surface area contributed by atoms with Gasteiger partial charge in [0, 0.05) is 41.0 Å². The van der Waals surface area contributed by atoms with Crippen molar-refractivity contribution < 1.29 is 13.2 Å². The summed E-state index contributed by atoms with van der Waals surface area (Å²) in [5, 5.41) is 9.95. The summed E-state index contributed by atoms with van der Waals surface area (Å²) < 4.78 is 30.1. The summed E-state index contributed by atoms with van der Waals surface area (Å²) in [6, 6.07) is 7.53. The molecule has 0 atom stereocenters. The van der Waals surface area contributed by atoms with Gasteiger partial charge in [-0.3, -0.25) is 4.98 Å². The van der Waals surface area contributed by atoms with Crippen LogP contribution in [-0.4, -0.2) is 37.8 Å². The molecule has 0 bridgehead atoms. The van der Waals surface area contributed by atoms with E-state index in [1.54, 1.807) is 25.6 Å². The lowest BCUT2D eigenvalue weighted by molar-refractivity contribution is 0.114. The van der Waals surface area contributed by atoms with Crippen molar-refractivity contribution in [3.63, 3.8) is 0 Å². The highest BCUT2D eigenvalue weighted by Crippen LogP contribution is 2.30. The van der Waals surface area contributed by atoms with Crippen LogP contribution in [0.3, 0.4) is 0 Å². The van der Waals surface area contributed by atoms with E-state index in [-0.39, 0.29) is 11.9 Å². The Morgan fingerprint density at radius 1 is 1.32 bits per heavy atom. The quantitative estimate of drug-likeness (QED) is 0.362. The largest absolute Gasteiger partial charge is 0.415 e. The number of imidazole rings is 1. The van der Waals surface area contributed by atoms with Gasteiger partial charge in [-0.15, -0.1) is 10.2 Å². The van der Waals surface area contributed by atoms with Gasteiger partial charge in [-0.1, -0.05) is 6.07 Å². The fraction of sp³-hybridized carbons (Fsp3) is 0.100. The third-order valence-corrected chi connectivity index (χ3v) is 4.25. The molecule has 2 N–H and O–H groups in total. The molecule has 3 heterocycles. The number of hydrogen-bond acceptors (Lipinski definition) is 6. The topological polar surface area (TPSA) is 117 Å². The van der Waals surface area contributed by atoms with E-state index in [1.165, 1.54) is 6.20 Å². The van der Waals surface area contributed by atoms with Gasteiger partial charge in [0.05, 0.1) is 17.4 Å². The standard InChI is InChI=1S/C20H16F2N8O/c1-11(18-29-30-19(31-18)17(21)22)8-25-20(23-2)28-13-6-14(12-4-3-5-24-9-12)16-15(7-13)26-10-27-16/h3-10,17H,2H2,1H3,(H,25,28)(H,26,27)/b11-8+. The number of alkyl halides is 2. The summed E-state index contributed by atoms with van der Waals surface area (Å²) in [6.45, 7) is 5.12. The van der Waals surface area contributed by atoms with E-state index >= 15 is 0 Å². The first-order chi connectivity index (χ1) is 15.0. The van der Waals surface area contributed by atoms with E-state index in [0.29, 0.717) is 11.3 Å². The number of benzene rings is 1. The third kappa shape index (κ3) is 4.34. The van der Waals surface area contributed by atoms with Crippen molar-refractivity contribution in [1.29, 1.82) is 0 Å². The Morgan fingerprint density at radius 2 is 2.19 bits per heavy atom. The number of allylic oxidation sites excluding steroid dienone is 1. The van der Waals surface area contributed by atoms with Crippen LogP contribution in [0.2, 0.25) is 0 Å². The van der Waals surface area contributed by atoms with E-state index < -0.39 is 12.3 Å². The van der Waals surface area contributed by atoms with Gasteiger partial charge in [0.1, 0.15) is 0 Å². The second-order valence-electron chi connectivity index (χ2n) is 6.36. The SMILES string of the molecule is C=NC(=N/C=C(\C)c1nnc(C(F)F)o1)Nc1cc(-c2cccnc2)c2nc[nH]c2c1. The molecule has 0 fully saturated rings.